The first-order valence-electron chi connectivity index (χ1n) is 5.96. The predicted octanol–water partition coefficient (Wildman–Crippen LogP) is 1.98. The molecule has 1 aromatic rings. The summed E-state index contributed by atoms with van der Waals surface area (Å²) in [6, 6.07) is 4.65. The summed E-state index contributed by atoms with van der Waals surface area (Å²) in [5.74, 6) is -0.243. The third-order valence-corrected chi connectivity index (χ3v) is 3.03. The van der Waals surface area contributed by atoms with E-state index in [0.29, 0.717) is 13.2 Å². The van der Waals surface area contributed by atoms with Crippen molar-refractivity contribution in [3.8, 4) is 0 Å². The van der Waals surface area contributed by atoms with Gasteiger partial charge < -0.3 is 15.2 Å². The first-order chi connectivity index (χ1) is 8.29. The van der Waals surface area contributed by atoms with E-state index in [2.05, 4.69) is 0 Å². The Morgan fingerprint density at radius 3 is 2.76 bits per heavy atom. The lowest BCUT2D eigenvalue weighted by Gasteiger charge is -2.22. The fourth-order valence-electron chi connectivity index (χ4n) is 1.98. The fraction of sp³-hybridized carbons (Fsp3) is 0.538. The number of benzene rings is 1. The van der Waals surface area contributed by atoms with Gasteiger partial charge in [0.1, 0.15) is 5.82 Å². The lowest BCUT2D eigenvalue weighted by molar-refractivity contribution is -0.0392. The molecule has 1 aliphatic heterocycles. The molecule has 0 aliphatic carbocycles. The van der Waals surface area contributed by atoms with E-state index < -0.39 is 0 Å². The summed E-state index contributed by atoms with van der Waals surface area (Å²) in [5.41, 5.74) is 7.40. The Hall–Kier alpha value is -0.970. The highest BCUT2D eigenvalue weighted by atomic mass is 19.1. The van der Waals surface area contributed by atoms with Crippen LogP contribution < -0.4 is 5.73 Å². The molecule has 1 aliphatic rings. The van der Waals surface area contributed by atoms with Gasteiger partial charge in [0.05, 0.1) is 12.7 Å². The summed E-state index contributed by atoms with van der Waals surface area (Å²) in [4.78, 5) is 0. The van der Waals surface area contributed by atoms with Crippen molar-refractivity contribution in [2.24, 2.45) is 5.73 Å². The Kier molecular flexibility index (Phi) is 4.48. The van der Waals surface area contributed by atoms with Gasteiger partial charge in [-0.2, -0.15) is 0 Å². The van der Waals surface area contributed by atoms with Gasteiger partial charge in [0.15, 0.2) is 0 Å². The number of hydrogen-bond acceptors (Lipinski definition) is 3. The quantitative estimate of drug-likeness (QED) is 0.873. The third-order valence-electron chi connectivity index (χ3n) is 3.03. The molecule has 0 bridgehead atoms. The normalized spacial score (nSPS) is 17.3. The minimum Gasteiger partial charge on any atom is -0.381 e. The maximum absolute atomic E-state index is 13.1. The molecule has 17 heavy (non-hydrogen) atoms. The molecule has 2 rings (SSSR count). The molecule has 1 saturated heterocycles. The summed E-state index contributed by atoms with van der Waals surface area (Å²) in [6.07, 6.45) is 2.04. The van der Waals surface area contributed by atoms with Crippen LogP contribution in [0, 0.1) is 5.82 Å². The molecule has 0 aromatic heterocycles. The van der Waals surface area contributed by atoms with Gasteiger partial charge in [0.25, 0.3) is 0 Å². The molecule has 3 nitrogen and oxygen atoms in total. The topological polar surface area (TPSA) is 44.5 Å². The van der Waals surface area contributed by atoms with Gasteiger partial charge in [0, 0.05) is 19.8 Å². The lowest BCUT2D eigenvalue weighted by atomic mass is 10.1. The maximum atomic E-state index is 13.1. The second kappa shape index (κ2) is 6.10. The van der Waals surface area contributed by atoms with Crippen LogP contribution in [0.1, 0.15) is 24.0 Å². The smallest absolute Gasteiger partial charge is 0.123 e. The van der Waals surface area contributed by atoms with E-state index in [1.807, 2.05) is 0 Å². The van der Waals surface area contributed by atoms with E-state index in [1.54, 1.807) is 6.07 Å². The number of hydrogen-bond donors (Lipinski definition) is 1. The van der Waals surface area contributed by atoms with Gasteiger partial charge in [-0.05, 0) is 36.1 Å². The molecule has 1 fully saturated rings. The number of nitrogens with two attached hydrogens (primary N) is 1. The van der Waals surface area contributed by atoms with Crippen LogP contribution in [0.25, 0.3) is 0 Å². The average molecular weight is 239 g/mol. The largest absolute Gasteiger partial charge is 0.381 e. The molecule has 4 heteroatoms. The Morgan fingerprint density at radius 2 is 2.06 bits per heavy atom. The van der Waals surface area contributed by atoms with Crippen LogP contribution in [0.3, 0.4) is 0 Å². The van der Waals surface area contributed by atoms with Crippen molar-refractivity contribution in [2.75, 3.05) is 13.2 Å². The van der Waals surface area contributed by atoms with Crippen LogP contribution in [0.15, 0.2) is 18.2 Å². The van der Waals surface area contributed by atoms with Crippen molar-refractivity contribution in [2.45, 2.75) is 32.1 Å². The summed E-state index contributed by atoms with van der Waals surface area (Å²) in [5, 5.41) is 0. The molecule has 94 valence electrons. The van der Waals surface area contributed by atoms with Crippen LogP contribution in [-0.2, 0) is 22.6 Å². The summed E-state index contributed by atoms with van der Waals surface area (Å²) in [7, 11) is 0. The van der Waals surface area contributed by atoms with Crippen LogP contribution in [0.4, 0.5) is 4.39 Å². The molecule has 2 N–H and O–H groups in total. The molecular formula is C13H18FNO2. The standard InChI is InChI=1S/C13H18FNO2/c14-12-2-1-10(8-15)11(7-12)9-17-13-3-5-16-6-4-13/h1-2,7,13H,3-6,8-9,15H2. The third kappa shape index (κ3) is 3.49. The van der Waals surface area contributed by atoms with E-state index in [-0.39, 0.29) is 11.9 Å². The molecule has 1 heterocycles. The lowest BCUT2D eigenvalue weighted by Crippen LogP contribution is -2.23. The second-order valence-electron chi connectivity index (χ2n) is 4.24. The number of rotatable bonds is 4. The molecule has 0 saturated carbocycles. The zero-order chi connectivity index (χ0) is 12.1. The van der Waals surface area contributed by atoms with Crippen LogP contribution in [0.5, 0.6) is 0 Å². The van der Waals surface area contributed by atoms with Crippen molar-refractivity contribution in [3.63, 3.8) is 0 Å². The molecule has 0 spiro atoms. The number of ether oxygens (including phenoxy) is 2. The van der Waals surface area contributed by atoms with Crippen molar-refractivity contribution in [1.82, 2.24) is 0 Å². The second-order valence-corrected chi connectivity index (χ2v) is 4.24. The molecular weight excluding hydrogens is 221 g/mol. The highest BCUT2D eigenvalue weighted by Crippen LogP contribution is 2.16. The summed E-state index contributed by atoms with van der Waals surface area (Å²) >= 11 is 0. The molecule has 0 radical (unpaired) electrons. The maximum Gasteiger partial charge on any atom is 0.123 e. The van der Waals surface area contributed by atoms with Gasteiger partial charge in [0.2, 0.25) is 0 Å². The highest BCUT2D eigenvalue weighted by Gasteiger charge is 2.14. The average Bonchev–Trinajstić information content (AvgIpc) is 2.38. The van der Waals surface area contributed by atoms with Gasteiger partial charge in [-0.3, -0.25) is 0 Å². The van der Waals surface area contributed by atoms with E-state index in [4.69, 9.17) is 15.2 Å². The van der Waals surface area contributed by atoms with Crippen molar-refractivity contribution in [1.29, 1.82) is 0 Å². The minimum atomic E-state index is -0.243. The van der Waals surface area contributed by atoms with Gasteiger partial charge >= 0.3 is 0 Å². The SMILES string of the molecule is NCc1ccc(F)cc1COC1CCOCC1. The van der Waals surface area contributed by atoms with E-state index in [1.165, 1.54) is 12.1 Å². The van der Waals surface area contributed by atoms with Gasteiger partial charge in [-0.15, -0.1) is 0 Å². The number of halogens is 1. The Bertz CT molecular complexity index is 364. The molecule has 0 atom stereocenters. The minimum absolute atomic E-state index is 0.220. The van der Waals surface area contributed by atoms with Gasteiger partial charge in [-0.25, -0.2) is 4.39 Å². The van der Waals surface area contributed by atoms with Crippen molar-refractivity contribution < 1.29 is 13.9 Å². The van der Waals surface area contributed by atoms with Crippen LogP contribution in [0.2, 0.25) is 0 Å². The zero-order valence-electron chi connectivity index (χ0n) is 9.82. The van der Waals surface area contributed by atoms with E-state index in [0.717, 1.165) is 37.2 Å². The first-order valence-corrected chi connectivity index (χ1v) is 5.96. The van der Waals surface area contributed by atoms with Crippen LogP contribution in [-0.4, -0.2) is 19.3 Å². The highest BCUT2D eigenvalue weighted by molar-refractivity contribution is 5.27. The van der Waals surface area contributed by atoms with E-state index in [9.17, 15) is 4.39 Å². The summed E-state index contributed by atoms with van der Waals surface area (Å²) < 4.78 is 24.2. The monoisotopic (exact) mass is 239 g/mol. The predicted molar refractivity (Wildman–Crippen MR) is 62.9 cm³/mol. The molecule has 1 aromatic carbocycles. The first kappa shape index (κ1) is 12.5. The molecule has 0 unspecified atom stereocenters. The summed E-state index contributed by atoms with van der Waals surface area (Å²) in [6.45, 7) is 2.33. The van der Waals surface area contributed by atoms with Crippen molar-refractivity contribution in [3.05, 3.63) is 35.1 Å². The zero-order valence-corrected chi connectivity index (χ0v) is 9.82. The van der Waals surface area contributed by atoms with Crippen LogP contribution >= 0.6 is 0 Å². The fourth-order valence-corrected chi connectivity index (χ4v) is 1.98. The van der Waals surface area contributed by atoms with E-state index >= 15 is 0 Å². The Labute approximate surface area is 101 Å². The Morgan fingerprint density at radius 1 is 1.29 bits per heavy atom. The Balaban J connectivity index is 1.95. The van der Waals surface area contributed by atoms with Gasteiger partial charge in [-0.1, -0.05) is 6.07 Å². The van der Waals surface area contributed by atoms with Crippen molar-refractivity contribution >= 4 is 0 Å². The molecule has 0 amide bonds.